The Hall–Kier alpha value is 0.650. The van der Waals surface area contributed by atoms with Gasteiger partial charge in [0, 0.05) is 6.04 Å². The van der Waals surface area contributed by atoms with Gasteiger partial charge >= 0.3 is 0 Å². The Morgan fingerprint density at radius 1 is 1.64 bits per heavy atom. The van der Waals surface area contributed by atoms with Crippen LogP contribution in [0.5, 0.6) is 0 Å². The van der Waals surface area contributed by atoms with Gasteiger partial charge in [-0.2, -0.15) is 0 Å². The first-order chi connectivity index (χ1) is 5.14. The largest absolute Gasteiger partial charge is 0.360 e. The van der Waals surface area contributed by atoms with E-state index in [1.807, 2.05) is 0 Å². The zero-order valence-electron chi connectivity index (χ0n) is 7.19. The van der Waals surface area contributed by atoms with Gasteiger partial charge in [-0.3, -0.25) is 5.32 Å². The highest BCUT2D eigenvalue weighted by Crippen LogP contribution is 2.17. The lowest BCUT2D eigenvalue weighted by molar-refractivity contribution is 0.0231. The van der Waals surface area contributed by atoms with Crippen LogP contribution in [-0.4, -0.2) is 22.8 Å². The number of nitrogens with one attached hydrogen (secondary N) is 1. The van der Waals surface area contributed by atoms with E-state index in [1.165, 1.54) is 17.3 Å². The highest BCUT2D eigenvalue weighted by Gasteiger charge is 2.29. The maximum Gasteiger partial charge on any atom is 0.113 e. The van der Waals surface area contributed by atoms with E-state index in [4.69, 9.17) is 4.74 Å². The summed E-state index contributed by atoms with van der Waals surface area (Å²) in [5.41, 5.74) is -0.0874. The summed E-state index contributed by atoms with van der Waals surface area (Å²) in [5.74, 6) is 0. The smallest absolute Gasteiger partial charge is 0.113 e. The van der Waals surface area contributed by atoms with Crippen LogP contribution < -0.4 is 5.32 Å². The van der Waals surface area contributed by atoms with Crippen LogP contribution in [-0.2, 0) is 4.74 Å². The second kappa shape index (κ2) is 4.05. The van der Waals surface area contributed by atoms with Gasteiger partial charge in [0.25, 0.3) is 0 Å². The fourth-order valence-corrected chi connectivity index (χ4v) is 1.80. The number of halogens is 1. The number of ether oxygens (including phenoxy) is 1. The lowest BCUT2D eigenvalue weighted by Gasteiger charge is -2.17. The maximum absolute atomic E-state index is 5.54. The Balaban J connectivity index is 2.20. The van der Waals surface area contributed by atoms with Crippen molar-refractivity contribution in [3.05, 3.63) is 0 Å². The summed E-state index contributed by atoms with van der Waals surface area (Å²) >= 11 is 2.41. The van der Waals surface area contributed by atoms with Crippen LogP contribution in [0.2, 0.25) is 0 Å². The topological polar surface area (TPSA) is 21.3 Å². The standard InChI is InChI=1S/C8H16INO/c1-8(2)10-7(6-11-8)4-3-5-9/h7,10H,3-6H2,1-2H3. The average Bonchev–Trinajstić information content (AvgIpc) is 2.26. The molecule has 1 N–H and O–H groups in total. The lowest BCUT2D eigenvalue weighted by Crippen LogP contribution is -2.38. The maximum atomic E-state index is 5.54. The second-order valence-electron chi connectivity index (χ2n) is 3.49. The van der Waals surface area contributed by atoms with Crippen LogP contribution in [0.4, 0.5) is 0 Å². The molecular weight excluding hydrogens is 253 g/mol. The Bertz CT molecular complexity index is 127. The van der Waals surface area contributed by atoms with Crippen molar-refractivity contribution in [1.82, 2.24) is 5.32 Å². The zero-order chi connectivity index (χ0) is 8.32. The van der Waals surface area contributed by atoms with E-state index in [1.54, 1.807) is 0 Å². The monoisotopic (exact) mass is 269 g/mol. The van der Waals surface area contributed by atoms with E-state index >= 15 is 0 Å². The highest BCUT2D eigenvalue weighted by atomic mass is 127. The lowest BCUT2D eigenvalue weighted by atomic mass is 10.2. The summed E-state index contributed by atoms with van der Waals surface area (Å²) in [5, 5.41) is 3.44. The number of rotatable bonds is 3. The Kier molecular flexibility index (Phi) is 3.58. The van der Waals surface area contributed by atoms with Crippen molar-refractivity contribution >= 4 is 22.6 Å². The SMILES string of the molecule is CC1(C)NC(CCCI)CO1. The molecule has 1 fully saturated rings. The van der Waals surface area contributed by atoms with E-state index in [9.17, 15) is 0 Å². The quantitative estimate of drug-likeness (QED) is 0.624. The molecule has 0 aromatic rings. The van der Waals surface area contributed by atoms with Gasteiger partial charge in [-0.15, -0.1) is 0 Å². The molecule has 0 amide bonds. The van der Waals surface area contributed by atoms with Crippen molar-refractivity contribution in [3.8, 4) is 0 Å². The number of hydrogen-bond acceptors (Lipinski definition) is 2. The summed E-state index contributed by atoms with van der Waals surface area (Å²) in [6, 6.07) is 0.583. The molecule has 0 saturated carbocycles. The average molecular weight is 269 g/mol. The summed E-state index contributed by atoms with van der Waals surface area (Å²) < 4.78 is 6.78. The molecule has 1 unspecified atom stereocenters. The predicted molar refractivity (Wildman–Crippen MR) is 55.1 cm³/mol. The molecule has 1 rings (SSSR count). The molecule has 2 nitrogen and oxygen atoms in total. The Labute approximate surface area is 82.2 Å². The van der Waals surface area contributed by atoms with E-state index in [0.29, 0.717) is 6.04 Å². The molecule has 1 heterocycles. The third-order valence-corrected chi connectivity index (χ3v) is 2.65. The molecule has 0 aliphatic carbocycles. The molecule has 1 aliphatic heterocycles. The summed E-state index contributed by atoms with van der Waals surface area (Å²) in [4.78, 5) is 0. The minimum absolute atomic E-state index is 0.0874. The fourth-order valence-electron chi connectivity index (χ4n) is 1.36. The van der Waals surface area contributed by atoms with Crippen molar-refractivity contribution in [2.24, 2.45) is 0 Å². The summed E-state index contributed by atoms with van der Waals surface area (Å²) in [7, 11) is 0. The minimum Gasteiger partial charge on any atom is -0.360 e. The molecule has 1 aliphatic rings. The molecule has 3 heteroatoms. The van der Waals surface area contributed by atoms with Crippen LogP contribution in [0.25, 0.3) is 0 Å². The second-order valence-corrected chi connectivity index (χ2v) is 4.57. The zero-order valence-corrected chi connectivity index (χ0v) is 9.35. The van der Waals surface area contributed by atoms with Crippen LogP contribution >= 0.6 is 22.6 Å². The van der Waals surface area contributed by atoms with Crippen molar-refractivity contribution in [2.75, 3.05) is 11.0 Å². The van der Waals surface area contributed by atoms with Gasteiger partial charge in [0.15, 0.2) is 0 Å². The van der Waals surface area contributed by atoms with E-state index in [2.05, 4.69) is 41.8 Å². The van der Waals surface area contributed by atoms with E-state index in [0.717, 1.165) is 6.61 Å². The molecule has 66 valence electrons. The molecule has 1 atom stereocenters. The van der Waals surface area contributed by atoms with Crippen LogP contribution in [0, 0.1) is 0 Å². The van der Waals surface area contributed by atoms with Crippen molar-refractivity contribution < 1.29 is 4.74 Å². The third-order valence-electron chi connectivity index (χ3n) is 1.88. The normalized spacial score (nSPS) is 29.2. The molecular formula is C8H16INO. The predicted octanol–water partition coefficient (Wildman–Crippen LogP) is 1.93. The summed E-state index contributed by atoms with van der Waals surface area (Å²) in [6.07, 6.45) is 2.53. The van der Waals surface area contributed by atoms with Gasteiger partial charge in [-0.1, -0.05) is 22.6 Å². The Morgan fingerprint density at radius 3 is 2.82 bits per heavy atom. The van der Waals surface area contributed by atoms with Crippen LogP contribution in [0.3, 0.4) is 0 Å². The van der Waals surface area contributed by atoms with Crippen molar-refractivity contribution in [2.45, 2.75) is 38.5 Å². The fraction of sp³-hybridized carbons (Fsp3) is 1.00. The Morgan fingerprint density at radius 2 is 2.36 bits per heavy atom. The first-order valence-corrected chi connectivity index (χ1v) is 5.64. The van der Waals surface area contributed by atoms with E-state index in [-0.39, 0.29) is 5.72 Å². The number of alkyl halides is 1. The van der Waals surface area contributed by atoms with Crippen LogP contribution in [0.1, 0.15) is 26.7 Å². The van der Waals surface area contributed by atoms with Gasteiger partial charge in [-0.05, 0) is 31.1 Å². The first-order valence-electron chi connectivity index (χ1n) is 4.12. The molecule has 1 saturated heterocycles. The third kappa shape index (κ3) is 3.25. The molecule has 0 bridgehead atoms. The molecule has 11 heavy (non-hydrogen) atoms. The van der Waals surface area contributed by atoms with Gasteiger partial charge in [-0.25, -0.2) is 0 Å². The minimum atomic E-state index is -0.0874. The molecule has 0 spiro atoms. The van der Waals surface area contributed by atoms with E-state index < -0.39 is 0 Å². The highest BCUT2D eigenvalue weighted by molar-refractivity contribution is 14.1. The first kappa shape index (κ1) is 9.74. The van der Waals surface area contributed by atoms with Gasteiger partial charge in [0.05, 0.1) is 6.61 Å². The van der Waals surface area contributed by atoms with Gasteiger partial charge in [0.2, 0.25) is 0 Å². The molecule has 0 aromatic heterocycles. The van der Waals surface area contributed by atoms with Gasteiger partial charge < -0.3 is 4.74 Å². The molecule has 0 radical (unpaired) electrons. The number of hydrogen-bond donors (Lipinski definition) is 1. The van der Waals surface area contributed by atoms with Crippen molar-refractivity contribution in [1.29, 1.82) is 0 Å². The van der Waals surface area contributed by atoms with Crippen molar-refractivity contribution in [3.63, 3.8) is 0 Å². The van der Waals surface area contributed by atoms with Gasteiger partial charge in [0.1, 0.15) is 5.72 Å². The van der Waals surface area contributed by atoms with Crippen LogP contribution in [0.15, 0.2) is 0 Å². The summed E-state index contributed by atoms with van der Waals surface area (Å²) in [6.45, 7) is 5.04. The molecule has 0 aromatic carbocycles.